The number of carbonyl (C=O) groups is 1. The summed E-state index contributed by atoms with van der Waals surface area (Å²) in [6.45, 7) is 12.9. The van der Waals surface area contributed by atoms with Gasteiger partial charge in [0.25, 0.3) is 0 Å². The molecule has 0 radical (unpaired) electrons. The summed E-state index contributed by atoms with van der Waals surface area (Å²) in [7, 11) is 0. The first-order valence-electron chi connectivity index (χ1n) is 6.48. The van der Waals surface area contributed by atoms with Crippen molar-refractivity contribution < 1.29 is 9.90 Å². The lowest BCUT2D eigenvalue weighted by molar-refractivity contribution is -0.144. The summed E-state index contributed by atoms with van der Waals surface area (Å²) in [6.07, 6.45) is 1.99. The maximum absolute atomic E-state index is 11.1. The highest BCUT2D eigenvalue weighted by molar-refractivity contribution is 5.70. The third-order valence-corrected chi connectivity index (χ3v) is 3.56. The summed E-state index contributed by atoms with van der Waals surface area (Å²) >= 11 is 0. The van der Waals surface area contributed by atoms with Gasteiger partial charge in [0.1, 0.15) is 0 Å². The van der Waals surface area contributed by atoms with Crippen molar-refractivity contribution in [1.82, 2.24) is 0 Å². The van der Waals surface area contributed by atoms with Gasteiger partial charge in [-0.05, 0) is 36.5 Å². The van der Waals surface area contributed by atoms with Crippen LogP contribution in [-0.4, -0.2) is 11.1 Å². The van der Waals surface area contributed by atoms with Crippen LogP contribution in [0.15, 0.2) is 0 Å². The average Bonchev–Trinajstić information content (AvgIpc) is 2.11. The first-order valence-corrected chi connectivity index (χ1v) is 6.48. The molecule has 0 aliphatic carbocycles. The second-order valence-corrected chi connectivity index (χ2v) is 6.01. The van der Waals surface area contributed by atoms with Gasteiger partial charge in [-0.15, -0.1) is 0 Å². The summed E-state index contributed by atoms with van der Waals surface area (Å²) in [5.74, 6) is 1.20. The molecule has 0 aliphatic heterocycles. The van der Waals surface area contributed by atoms with Gasteiger partial charge in [0, 0.05) is 0 Å². The van der Waals surface area contributed by atoms with Crippen molar-refractivity contribution in [1.29, 1.82) is 0 Å². The Hall–Kier alpha value is -0.530. The molecule has 0 saturated carbocycles. The molecule has 0 bridgehead atoms. The van der Waals surface area contributed by atoms with E-state index in [1.807, 2.05) is 13.8 Å². The van der Waals surface area contributed by atoms with E-state index in [1.54, 1.807) is 0 Å². The number of carboxylic acids is 1. The van der Waals surface area contributed by atoms with Gasteiger partial charge in [-0.2, -0.15) is 0 Å². The Labute approximate surface area is 100 Å². The predicted octanol–water partition coefficient (Wildman–Crippen LogP) is 4.05. The summed E-state index contributed by atoms with van der Waals surface area (Å²) in [4.78, 5) is 11.1. The van der Waals surface area contributed by atoms with Crippen molar-refractivity contribution in [2.24, 2.45) is 29.6 Å². The van der Waals surface area contributed by atoms with Crippen LogP contribution < -0.4 is 0 Å². The molecule has 0 fully saturated rings. The molecule has 0 heterocycles. The minimum absolute atomic E-state index is 0.190. The Bertz CT molecular complexity index is 209. The molecular weight excluding hydrogens is 200 g/mol. The Morgan fingerprint density at radius 2 is 1.38 bits per heavy atom. The molecular formula is C14H28O2. The van der Waals surface area contributed by atoms with Crippen LogP contribution in [0, 0.1) is 29.6 Å². The highest BCUT2D eigenvalue weighted by atomic mass is 16.4. The minimum Gasteiger partial charge on any atom is -0.481 e. The van der Waals surface area contributed by atoms with Gasteiger partial charge in [-0.25, -0.2) is 0 Å². The quantitative estimate of drug-likeness (QED) is 0.713. The van der Waals surface area contributed by atoms with Crippen LogP contribution in [0.4, 0.5) is 0 Å². The largest absolute Gasteiger partial charge is 0.481 e. The Morgan fingerprint density at radius 3 is 1.69 bits per heavy atom. The monoisotopic (exact) mass is 228 g/mol. The van der Waals surface area contributed by atoms with Crippen molar-refractivity contribution in [3.63, 3.8) is 0 Å². The third kappa shape index (κ3) is 5.53. The zero-order valence-electron chi connectivity index (χ0n) is 11.7. The van der Waals surface area contributed by atoms with Gasteiger partial charge in [-0.3, -0.25) is 4.79 Å². The van der Waals surface area contributed by atoms with Gasteiger partial charge in [0.2, 0.25) is 0 Å². The fourth-order valence-corrected chi connectivity index (χ4v) is 2.27. The van der Waals surface area contributed by atoms with Crippen LogP contribution in [0.5, 0.6) is 0 Å². The van der Waals surface area contributed by atoms with E-state index in [0.717, 1.165) is 6.42 Å². The van der Waals surface area contributed by atoms with Crippen LogP contribution in [0.3, 0.4) is 0 Å². The molecule has 0 aromatic carbocycles. The van der Waals surface area contributed by atoms with Gasteiger partial charge in [0.15, 0.2) is 0 Å². The molecule has 1 N–H and O–H groups in total. The SMILES string of the molecule is CC(C)CC(C)C(C)CC(C(=O)O)C(C)C. The van der Waals surface area contributed by atoms with E-state index in [9.17, 15) is 4.79 Å². The van der Waals surface area contributed by atoms with Crippen molar-refractivity contribution >= 4 is 5.97 Å². The van der Waals surface area contributed by atoms with Crippen LogP contribution >= 0.6 is 0 Å². The molecule has 0 aliphatic rings. The fraction of sp³-hybridized carbons (Fsp3) is 0.929. The lowest BCUT2D eigenvalue weighted by Gasteiger charge is -2.26. The molecule has 3 unspecified atom stereocenters. The molecule has 0 aromatic rings. The number of hydrogen-bond donors (Lipinski definition) is 1. The molecule has 3 atom stereocenters. The molecule has 96 valence electrons. The summed E-state index contributed by atoms with van der Waals surface area (Å²) < 4.78 is 0. The lowest BCUT2D eigenvalue weighted by atomic mass is 9.79. The van der Waals surface area contributed by atoms with Crippen LogP contribution in [0.1, 0.15) is 54.4 Å². The molecule has 0 aromatic heterocycles. The standard InChI is InChI=1S/C14H28O2/c1-9(2)7-11(5)12(6)8-13(10(3)4)14(15)16/h9-13H,7-8H2,1-6H3,(H,15,16). The molecule has 2 heteroatoms. The Kier molecular flexibility index (Phi) is 6.70. The van der Waals surface area contributed by atoms with E-state index >= 15 is 0 Å². The lowest BCUT2D eigenvalue weighted by Crippen LogP contribution is -2.24. The zero-order chi connectivity index (χ0) is 12.9. The summed E-state index contributed by atoms with van der Waals surface area (Å²) in [6, 6.07) is 0. The first kappa shape index (κ1) is 15.5. The zero-order valence-corrected chi connectivity index (χ0v) is 11.7. The van der Waals surface area contributed by atoms with Crippen molar-refractivity contribution in [3.8, 4) is 0 Å². The fourth-order valence-electron chi connectivity index (χ4n) is 2.27. The molecule has 0 amide bonds. The number of hydrogen-bond acceptors (Lipinski definition) is 1. The van der Waals surface area contributed by atoms with Gasteiger partial charge < -0.3 is 5.11 Å². The first-order chi connectivity index (χ1) is 7.25. The van der Waals surface area contributed by atoms with Crippen molar-refractivity contribution in [3.05, 3.63) is 0 Å². The Morgan fingerprint density at radius 1 is 0.938 bits per heavy atom. The van der Waals surface area contributed by atoms with Crippen molar-refractivity contribution in [2.75, 3.05) is 0 Å². The second kappa shape index (κ2) is 6.93. The van der Waals surface area contributed by atoms with E-state index < -0.39 is 5.97 Å². The number of rotatable bonds is 7. The maximum Gasteiger partial charge on any atom is 0.306 e. The Balaban J connectivity index is 4.28. The predicted molar refractivity (Wildman–Crippen MR) is 68.4 cm³/mol. The third-order valence-electron chi connectivity index (χ3n) is 3.56. The van der Waals surface area contributed by atoms with E-state index in [1.165, 1.54) is 6.42 Å². The normalized spacial score (nSPS) is 17.5. The topological polar surface area (TPSA) is 37.3 Å². The second-order valence-electron chi connectivity index (χ2n) is 6.01. The van der Waals surface area contributed by atoms with Crippen LogP contribution in [0.25, 0.3) is 0 Å². The van der Waals surface area contributed by atoms with E-state index in [4.69, 9.17) is 5.11 Å². The van der Waals surface area contributed by atoms with E-state index in [-0.39, 0.29) is 11.8 Å². The summed E-state index contributed by atoms with van der Waals surface area (Å²) in [5.41, 5.74) is 0. The van der Waals surface area contributed by atoms with E-state index in [2.05, 4.69) is 27.7 Å². The van der Waals surface area contributed by atoms with Crippen LogP contribution in [0.2, 0.25) is 0 Å². The maximum atomic E-state index is 11.1. The van der Waals surface area contributed by atoms with Crippen molar-refractivity contribution in [2.45, 2.75) is 54.4 Å². The number of aliphatic carboxylic acids is 1. The van der Waals surface area contributed by atoms with Gasteiger partial charge in [0.05, 0.1) is 5.92 Å². The number of carboxylic acid groups (broad SMARTS) is 1. The molecule has 0 spiro atoms. The van der Waals surface area contributed by atoms with Gasteiger partial charge >= 0.3 is 5.97 Å². The highest BCUT2D eigenvalue weighted by Gasteiger charge is 2.26. The van der Waals surface area contributed by atoms with Gasteiger partial charge in [-0.1, -0.05) is 41.5 Å². The molecule has 0 rings (SSSR count). The molecule has 2 nitrogen and oxygen atoms in total. The van der Waals surface area contributed by atoms with E-state index in [0.29, 0.717) is 17.8 Å². The molecule has 0 saturated heterocycles. The summed E-state index contributed by atoms with van der Waals surface area (Å²) in [5, 5.41) is 9.16. The highest BCUT2D eigenvalue weighted by Crippen LogP contribution is 2.28. The van der Waals surface area contributed by atoms with Crippen LogP contribution in [-0.2, 0) is 4.79 Å². The minimum atomic E-state index is -0.640. The average molecular weight is 228 g/mol. The smallest absolute Gasteiger partial charge is 0.306 e. The molecule has 16 heavy (non-hydrogen) atoms.